The number of ether oxygens (including phenoxy) is 1. The maximum atomic E-state index is 12.5. The molecule has 132 valence electrons. The molecule has 0 spiro atoms. The first-order valence-corrected chi connectivity index (χ1v) is 9.61. The van der Waals surface area contributed by atoms with Crippen LogP contribution in [0.3, 0.4) is 0 Å². The van der Waals surface area contributed by atoms with Gasteiger partial charge in [-0.1, -0.05) is 0 Å². The summed E-state index contributed by atoms with van der Waals surface area (Å²) in [5, 5.41) is 0. The van der Waals surface area contributed by atoms with Gasteiger partial charge in [0, 0.05) is 6.54 Å². The Morgan fingerprint density at radius 1 is 1.26 bits per heavy atom. The van der Waals surface area contributed by atoms with Gasteiger partial charge in [0.05, 0.1) is 38.6 Å². The smallest absolute Gasteiger partial charge is 0.332 e. The van der Waals surface area contributed by atoms with Crippen LogP contribution in [0.25, 0.3) is 0 Å². The van der Waals surface area contributed by atoms with Gasteiger partial charge in [-0.2, -0.15) is 0 Å². The van der Waals surface area contributed by atoms with Crippen LogP contribution in [0, 0.1) is 0 Å². The Hall–Kier alpha value is -0.950. The molecule has 2 fully saturated rings. The van der Waals surface area contributed by atoms with Crippen molar-refractivity contribution in [2.24, 2.45) is 0 Å². The van der Waals surface area contributed by atoms with Gasteiger partial charge in [-0.25, -0.2) is 4.79 Å². The average molecular weight is 348 g/mol. The molecule has 8 nitrogen and oxygen atoms in total. The zero-order valence-corrected chi connectivity index (χ0v) is 15.0. The standard InChI is InChI=1S/C14H25N2O6P/c1-5-21-23(19,22-6-2)8-7-15-12(17)14(3,4)16(13(15)18)9-11-10-20-11/h11H,5-10H2,1-4H3. The second kappa shape index (κ2) is 6.89. The van der Waals surface area contributed by atoms with E-state index >= 15 is 0 Å². The van der Waals surface area contributed by atoms with Crippen molar-refractivity contribution in [2.45, 2.75) is 39.3 Å². The summed E-state index contributed by atoms with van der Waals surface area (Å²) in [6, 6.07) is -0.380. The normalized spacial score (nSPS) is 23.7. The van der Waals surface area contributed by atoms with E-state index in [2.05, 4.69) is 0 Å². The molecule has 9 heteroatoms. The van der Waals surface area contributed by atoms with Crippen LogP contribution in [0.5, 0.6) is 0 Å². The highest BCUT2D eigenvalue weighted by Crippen LogP contribution is 2.48. The summed E-state index contributed by atoms with van der Waals surface area (Å²) < 4.78 is 28.0. The molecule has 0 aromatic heterocycles. The van der Waals surface area contributed by atoms with Crippen LogP contribution in [0.2, 0.25) is 0 Å². The molecule has 2 aliphatic rings. The topological polar surface area (TPSA) is 88.7 Å². The van der Waals surface area contributed by atoms with Crippen LogP contribution in [-0.4, -0.2) is 72.5 Å². The van der Waals surface area contributed by atoms with E-state index in [9.17, 15) is 14.2 Å². The van der Waals surface area contributed by atoms with Gasteiger partial charge in [-0.3, -0.25) is 14.3 Å². The van der Waals surface area contributed by atoms with Gasteiger partial charge in [-0.05, 0) is 27.7 Å². The first kappa shape index (κ1) is 18.4. The summed E-state index contributed by atoms with van der Waals surface area (Å²) in [7, 11) is -3.29. The van der Waals surface area contributed by atoms with E-state index in [1.54, 1.807) is 27.7 Å². The van der Waals surface area contributed by atoms with Crippen molar-refractivity contribution >= 4 is 19.5 Å². The highest BCUT2D eigenvalue weighted by molar-refractivity contribution is 7.53. The van der Waals surface area contributed by atoms with Gasteiger partial charge >= 0.3 is 13.6 Å². The number of nitrogens with zero attached hydrogens (tertiary/aromatic N) is 2. The van der Waals surface area contributed by atoms with Crippen LogP contribution in [-0.2, 0) is 23.1 Å². The quantitative estimate of drug-likeness (QED) is 0.358. The van der Waals surface area contributed by atoms with Crippen LogP contribution < -0.4 is 0 Å². The average Bonchev–Trinajstić information content (AvgIpc) is 3.26. The molecule has 0 aromatic carbocycles. The van der Waals surface area contributed by atoms with Crippen molar-refractivity contribution in [1.29, 1.82) is 0 Å². The molecule has 0 bridgehead atoms. The maximum Gasteiger partial charge on any atom is 0.332 e. The lowest BCUT2D eigenvalue weighted by Gasteiger charge is -2.26. The van der Waals surface area contributed by atoms with Gasteiger partial charge in [0.2, 0.25) is 0 Å². The molecule has 1 unspecified atom stereocenters. The van der Waals surface area contributed by atoms with Gasteiger partial charge in [0.25, 0.3) is 5.91 Å². The molecule has 23 heavy (non-hydrogen) atoms. The first-order chi connectivity index (χ1) is 10.7. The largest absolute Gasteiger partial charge is 0.371 e. The zero-order chi connectivity index (χ0) is 17.3. The minimum absolute atomic E-state index is 0.00363. The van der Waals surface area contributed by atoms with E-state index in [0.717, 1.165) is 4.90 Å². The Morgan fingerprint density at radius 3 is 2.30 bits per heavy atom. The highest BCUT2D eigenvalue weighted by Gasteiger charge is 2.52. The van der Waals surface area contributed by atoms with Crippen LogP contribution in [0.15, 0.2) is 0 Å². The number of epoxide rings is 1. The molecule has 0 aromatic rings. The third-order valence-corrected chi connectivity index (χ3v) is 5.99. The van der Waals surface area contributed by atoms with Crippen molar-refractivity contribution in [1.82, 2.24) is 9.80 Å². The molecule has 0 radical (unpaired) electrons. The number of urea groups is 1. The molecular formula is C14H25N2O6P. The third-order valence-electron chi connectivity index (χ3n) is 3.94. The van der Waals surface area contributed by atoms with Gasteiger partial charge in [0.15, 0.2) is 0 Å². The summed E-state index contributed by atoms with van der Waals surface area (Å²) in [6.45, 7) is 8.36. The molecule has 2 saturated heterocycles. The van der Waals surface area contributed by atoms with Crippen LogP contribution >= 0.6 is 7.60 Å². The molecule has 0 N–H and O–H groups in total. The van der Waals surface area contributed by atoms with Crippen molar-refractivity contribution in [3.63, 3.8) is 0 Å². The number of hydrogen-bond donors (Lipinski definition) is 0. The van der Waals surface area contributed by atoms with Crippen molar-refractivity contribution in [3.8, 4) is 0 Å². The SMILES string of the molecule is CCOP(=O)(CCN1C(=O)N(CC2CO2)C(C)(C)C1=O)OCC. The second-order valence-electron chi connectivity index (χ2n) is 6.03. The summed E-state index contributed by atoms with van der Waals surface area (Å²) in [5.41, 5.74) is -0.926. The predicted octanol–water partition coefficient (Wildman–Crippen LogP) is 1.69. The lowest BCUT2D eigenvalue weighted by atomic mass is 10.0. The van der Waals surface area contributed by atoms with Crippen molar-refractivity contribution < 1.29 is 27.9 Å². The predicted molar refractivity (Wildman–Crippen MR) is 83.4 cm³/mol. The molecule has 1 atom stereocenters. The Labute approximate surface area is 136 Å². The highest BCUT2D eigenvalue weighted by atomic mass is 31.2. The lowest BCUT2D eigenvalue weighted by Crippen LogP contribution is -2.45. The van der Waals surface area contributed by atoms with E-state index in [1.807, 2.05) is 0 Å². The number of imide groups is 1. The van der Waals surface area contributed by atoms with Gasteiger partial charge in [-0.15, -0.1) is 0 Å². The van der Waals surface area contributed by atoms with Gasteiger partial charge in [0.1, 0.15) is 5.54 Å². The second-order valence-corrected chi connectivity index (χ2v) is 8.22. The Morgan fingerprint density at radius 2 is 1.83 bits per heavy atom. The molecule has 2 aliphatic heterocycles. The maximum absolute atomic E-state index is 12.5. The molecular weight excluding hydrogens is 323 g/mol. The van der Waals surface area contributed by atoms with E-state index in [0.29, 0.717) is 13.2 Å². The monoisotopic (exact) mass is 348 g/mol. The van der Waals surface area contributed by atoms with E-state index in [4.69, 9.17) is 13.8 Å². The van der Waals surface area contributed by atoms with E-state index in [1.165, 1.54) is 4.90 Å². The van der Waals surface area contributed by atoms with Gasteiger partial charge < -0.3 is 18.7 Å². The molecule has 0 saturated carbocycles. The first-order valence-electron chi connectivity index (χ1n) is 7.88. The molecule has 3 amide bonds. The Bertz CT molecular complexity index is 509. The fraction of sp³-hybridized carbons (Fsp3) is 0.857. The third kappa shape index (κ3) is 3.94. The Balaban J connectivity index is 2.05. The summed E-state index contributed by atoms with van der Waals surface area (Å²) >= 11 is 0. The van der Waals surface area contributed by atoms with E-state index < -0.39 is 13.1 Å². The van der Waals surface area contributed by atoms with E-state index in [-0.39, 0.29) is 44.0 Å². The van der Waals surface area contributed by atoms with Crippen LogP contribution in [0.4, 0.5) is 4.79 Å². The molecule has 2 rings (SSSR count). The lowest BCUT2D eigenvalue weighted by molar-refractivity contribution is -0.131. The summed E-state index contributed by atoms with van der Waals surface area (Å²) in [4.78, 5) is 27.7. The summed E-state index contributed by atoms with van der Waals surface area (Å²) in [5.74, 6) is -0.303. The minimum Gasteiger partial charge on any atom is -0.371 e. The minimum atomic E-state index is -3.29. The fourth-order valence-electron chi connectivity index (χ4n) is 2.58. The van der Waals surface area contributed by atoms with Crippen molar-refractivity contribution in [3.05, 3.63) is 0 Å². The number of hydrogen-bond acceptors (Lipinski definition) is 6. The number of carbonyl (C=O) groups excluding carboxylic acids is 2. The van der Waals surface area contributed by atoms with Crippen LogP contribution in [0.1, 0.15) is 27.7 Å². The number of amides is 3. The fourth-order valence-corrected chi connectivity index (χ4v) is 4.14. The zero-order valence-electron chi connectivity index (χ0n) is 14.1. The number of carbonyl (C=O) groups is 2. The summed E-state index contributed by atoms with van der Waals surface area (Å²) in [6.07, 6.45) is -0.000327. The van der Waals surface area contributed by atoms with Crippen molar-refractivity contribution in [2.75, 3.05) is 39.1 Å². The molecule has 0 aliphatic carbocycles. The number of rotatable bonds is 9. The molecule has 2 heterocycles. The Kier molecular flexibility index (Phi) is 5.51.